The second kappa shape index (κ2) is 6.73. The average molecular weight is 256 g/mol. The molecule has 0 unspecified atom stereocenters. The highest BCUT2D eigenvalue weighted by atomic mass is 15.2. The maximum Gasteiger partial charge on any atom is 0.134 e. The van der Waals surface area contributed by atoms with Crippen molar-refractivity contribution in [2.24, 2.45) is 0 Å². The molecule has 100 valence electrons. The van der Waals surface area contributed by atoms with E-state index in [2.05, 4.69) is 46.2 Å². The highest BCUT2D eigenvalue weighted by molar-refractivity contribution is 5.48. The van der Waals surface area contributed by atoms with Gasteiger partial charge in [0.1, 0.15) is 18.0 Å². The van der Waals surface area contributed by atoms with Gasteiger partial charge in [0.25, 0.3) is 0 Å². The predicted octanol–water partition coefficient (Wildman–Crippen LogP) is 2.93. The Bertz CT molecular complexity index is 495. The van der Waals surface area contributed by atoms with Gasteiger partial charge >= 0.3 is 0 Å². The van der Waals surface area contributed by atoms with Gasteiger partial charge in [-0.3, -0.25) is 0 Å². The van der Waals surface area contributed by atoms with Crippen LogP contribution in [0.5, 0.6) is 0 Å². The van der Waals surface area contributed by atoms with Gasteiger partial charge in [0.05, 0.1) is 0 Å². The SMILES string of the molecule is CCN(CC)c1cc(NCc2ccccc2)ncn1. The normalized spacial score (nSPS) is 10.2. The standard InChI is InChI=1S/C15H20N4/c1-3-19(4-2)15-10-14(17-12-18-15)16-11-13-8-6-5-7-9-13/h5-10,12H,3-4,11H2,1-2H3,(H,16,17,18). The maximum atomic E-state index is 4.31. The van der Waals surface area contributed by atoms with Crippen molar-refractivity contribution in [3.63, 3.8) is 0 Å². The fourth-order valence-electron chi connectivity index (χ4n) is 1.95. The van der Waals surface area contributed by atoms with Crippen molar-refractivity contribution < 1.29 is 0 Å². The summed E-state index contributed by atoms with van der Waals surface area (Å²) in [5.74, 6) is 1.83. The van der Waals surface area contributed by atoms with Gasteiger partial charge in [-0.1, -0.05) is 30.3 Å². The van der Waals surface area contributed by atoms with Crippen LogP contribution in [0.4, 0.5) is 11.6 Å². The van der Waals surface area contributed by atoms with E-state index in [1.165, 1.54) is 5.56 Å². The molecule has 0 bridgehead atoms. The van der Waals surface area contributed by atoms with Crippen LogP contribution in [0.3, 0.4) is 0 Å². The zero-order valence-corrected chi connectivity index (χ0v) is 11.5. The molecule has 2 aromatic rings. The first-order chi connectivity index (χ1) is 9.33. The zero-order valence-electron chi connectivity index (χ0n) is 11.5. The van der Waals surface area contributed by atoms with Gasteiger partial charge < -0.3 is 10.2 Å². The Hall–Kier alpha value is -2.10. The lowest BCUT2D eigenvalue weighted by Gasteiger charge is -2.19. The first-order valence-electron chi connectivity index (χ1n) is 6.68. The summed E-state index contributed by atoms with van der Waals surface area (Å²) >= 11 is 0. The van der Waals surface area contributed by atoms with E-state index in [4.69, 9.17) is 0 Å². The van der Waals surface area contributed by atoms with Crippen molar-refractivity contribution in [2.75, 3.05) is 23.3 Å². The van der Waals surface area contributed by atoms with E-state index in [1.54, 1.807) is 6.33 Å². The van der Waals surface area contributed by atoms with E-state index in [-0.39, 0.29) is 0 Å². The molecule has 1 aromatic heterocycles. The Labute approximate surface area is 114 Å². The molecule has 4 nitrogen and oxygen atoms in total. The third-order valence-electron chi connectivity index (χ3n) is 3.06. The number of nitrogens with one attached hydrogen (secondary N) is 1. The molecular weight excluding hydrogens is 236 g/mol. The molecule has 0 saturated carbocycles. The summed E-state index contributed by atoms with van der Waals surface area (Å²) in [7, 11) is 0. The maximum absolute atomic E-state index is 4.31. The van der Waals surface area contributed by atoms with Crippen molar-refractivity contribution in [1.82, 2.24) is 9.97 Å². The number of anilines is 2. The first-order valence-corrected chi connectivity index (χ1v) is 6.68. The van der Waals surface area contributed by atoms with E-state index in [0.717, 1.165) is 31.3 Å². The fourth-order valence-corrected chi connectivity index (χ4v) is 1.95. The third kappa shape index (κ3) is 3.68. The second-order valence-electron chi connectivity index (χ2n) is 4.27. The Morgan fingerprint density at radius 3 is 2.47 bits per heavy atom. The smallest absolute Gasteiger partial charge is 0.134 e. The van der Waals surface area contributed by atoms with E-state index in [9.17, 15) is 0 Å². The van der Waals surface area contributed by atoms with E-state index >= 15 is 0 Å². The Kier molecular flexibility index (Phi) is 4.72. The van der Waals surface area contributed by atoms with Gasteiger partial charge in [0.15, 0.2) is 0 Å². The predicted molar refractivity (Wildman–Crippen MR) is 79.4 cm³/mol. The van der Waals surface area contributed by atoms with Crippen LogP contribution in [0.25, 0.3) is 0 Å². The largest absolute Gasteiger partial charge is 0.366 e. The highest BCUT2D eigenvalue weighted by Crippen LogP contribution is 2.14. The molecule has 4 heteroatoms. The average Bonchev–Trinajstić information content (AvgIpc) is 2.48. The highest BCUT2D eigenvalue weighted by Gasteiger charge is 2.04. The molecule has 1 aromatic carbocycles. The number of nitrogens with zero attached hydrogens (tertiary/aromatic N) is 3. The van der Waals surface area contributed by atoms with Crippen LogP contribution in [0, 0.1) is 0 Å². The van der Waals surface area contributed by atoms with Crippen LogP contribution in [-0.2, 0) is 6.54 Å². The molecule has 0 atom stereocenters. The van der Waals surface area contributed by atoms with Gasteiger partial charge in [0, 0.05) is 25.7 Å². The van der Waals surface area contributed by atoms with Gasteiger partial charge in [-0.2, -0.15) is 0 Å². The summed E-state index contributed by atoms with van der Waals surface area (Å²) in [6.07, 6.45) is 1.61. The summed E-state index contributed by atoms with van der Waals surface area (Å²) in [5.41, 5.74) is 1.24. The van der Waals surface area contributed by atoms with Crippen molar-refractivity contribution in [2.45, 2.75) is 20.4 Å². The summed E-state index contributed by atoms with van der Waals surface area (Å²) < 4.78 is 0. The van der Waals surface area contributed by atoms with Crippen molar-refractivity contribution >= 4 is 11.6 Å². The lowest BCUT2D eigenvalue weighted by molar-refractivity contribution is 0.841. The summed E-state index contributed by atoms with van der Waals surface area (Å²) in [6, 6.07) is 12.3. The molecule has 0 aliphatic rings. The van der Waals surface area contributed by atoms with Gasteiger partial charge in [-0.05, 0) is 19.4 Å². The molecule has 0 fully saturated rings. The van der Waals surface area contributed by atoms with Gasteiger partial charge in [-0.25, -0.2) is 9.97 Å². The molecule has 0 aliphatic carbocycles. The van der Waals surface area contributed by atoms with Crippen LogP contribution in [-0.4, -0.2) is 23.1 Å². The van der Waals surface area contributed by atoms with Crippen LogP contribution in [0.2, 0.25) is 0 Å². The molecule has 1 heterocycles. The molecule has 1 N–H and O–H groups in total. The van der Waals surface area contributed by atoms with Crippen LogP contribution in [0.15, 0.2) is 42.7 Å². The topological polar surface area (TPSA) is 41.0 Å². The van der Waals surface area contributed by atoms with Crippen LogP contribution < -0.4 is 10.2 Å². The molecule has 0 aliphatic heterocycles. The zero-order chi connectivity index (χ0) is 13.5. The molecule has 2 rings (SSSR count). The number of hydrogen-bond donors (Lipinski definition) is 1. The summed E-state index contributed by atoms with van der Waals surface area (Å²) in [5, 5.41) is 3.33. The molecule has 0 saturated heterocycles. The minimum absolute atomic E-state index is 0.773. The molecule has 0 spiro atoms. The lowest BCUT2D eigenvalue weighted by Crippen LogP contribution is -2.23. The van der Waals surface area contributed by atoms with E-state index < -0.39 is 0 Å². The molecule has 19 heavy (non-hydrogen) atoms. The van der Waals surface area contributed by atoms with Gasteiger partial charge in [0.2, 0.25) is 0 Å². The van der Waals surface area contributed by atoms with Crippen molar-refractivity contribution in [3.8, 4) is 0 Å². The van der Waals surface area contributed by atoms with Crippen molar-refractivity contribution in [1.29, 1.82) is 0 Å². The number of rotatable bonds is 6. The number of hydrogen-bond acceptors (Lipinski definition) is 4. The summed E-state index contributed by atoms with van der Waals surface area (Å²) in [4.78, 5) is 10.8. The van der Waals surface area contributed by atoms with E-state index in [1.807, 2.05) is 24.3 Å². The monoisotopic (exact) mass is 256 g/mol. The number of aromatic nitrogens is 2. The molecular formula is C15H20N4. The Morgan fingerprint density at radius 1 is 1.05 bits per heavy atom. The third-order valence-corrected chi connectivity index (χ3v) is 3.06. The molecule has 0 amide bonds. The Morgan fingerprint density at radius 2 is 1.79 bits per heavy atom. The minimum atomic E-state index is 0.773. The van der Waals surface area contributed by atoms with Gasteiger partial charge in [-0.15, -0.1) is 0 Å². The second-order valence-corrected chi connectivity index (χ2v) is 4.27. The first kappa shape index (κ1) is 13.3. The fraction of sp³-hybridized carbons (Fsp3) is 0.333. The van der Waals surface area contributed by atoms with Crippen LogP contribution in [0.1, 0.15) is 19.4 Å². The summed E-state index contributed by atoms with van der Waals surface area (Å²) in [6.45, 7) is 6.93. The van der Waals surface area contributed by atoms with Crippen molar-refractivity contribution in [3.05, 3.63) is 48.3 Å². The Balaban J connectivity index is 2.03. The quantitative estimate of drug-likeness (QED) is 0.862. The lowest BCUT2D eigenvalue weighted by atomic mass is 10.2. The van der Waals surface area contributed by atoms with Crippen LogP contribution >= 0.6 is 0 Å². The number of benzene rings is 1. The van der Waals surface area contributed by atoms with E-state index in [0.29, 0.717) is 0 Å². The molecule has 0 radical (unpaired) electrons. The minimum Gasteiger partial charge on any atom is -0.366 e.